The van der Waals surface area contributed by atoms with E-state index in [1.165, 1.54) is 18.2 Å². The quantitative estimate of drug-likeness (QED) is 0.321. The number of nitrogens with one attached hydrogen (secondary N) is 2. The molecule has 1 atom stereocenters. The number of ether oxygens (including phenoxy) is 1. The molecule has 0 saturated heterocycles. The summed E-state index contributed by atoms with van der Waals surface area (Å²) in [6.45, 7) is 5.72. The molecule has 0 saturated carbocycles. The lowest BCUT2D eigenvalue weighted by Gasteiger charge is -2.21. The number of anilines is 3. The summed E-state index contributed by atoms with van der Waals surface area (Å²) >= 11 is 3.52. The van der Waals surface area contributed by atoms with Crippen molar-refractivity contribution in [1.82, 2.24) is 9.97 Å². The van der Waals surface area contributed by atoms with Crippen LogP contribution in [0.25, 0.3) is 11.3 Å². The first-order valence-electron chi connectivity index (χ1n) is 10.2. The second-order valence-corrected chi connectivity index (χ2v) is 8.68. The second-order valence-electron chi connectivity index (χ2n) is 7.82. The summed E-state index contributed by atoms with van der Waals surface area (Å²) in [5, 5.41) is 16.0. The van der Waals surface area contributed by atoms with Gasteiger partial charge in [-0.05, 0) is 58.6 Å². The number of alkyl halides is 3. The fourth-order valence-electron chi connectivity index (χ4n) is 3.02. The highest BCUT2D eigenvalue weighted by Crippen LogP contribution is 2.31. The number of aromatic nitrogens is 2. The third-order valence-electron chi connectivity index (χ3n) is 4.79. The standard InChI is InChI=1S/C23H24BrF3N4O2/c1-13(2)20(12-32)30-22-29-19(15-5-4-6-16(10-15)33-23(25,26)27)11-21(31-22)28-18-8-7-14(3)9-17(18)24/h4-11,13,20,32H,12H2,1-3H3,(H2,28,29,30,31)/t20-/m1/s1. The third-order valence-corrected chi connectivity index (χ3v) is 5.45. The Hall–Kier alpha value is -2.85. The molecule has 0 fully saturated rings. The smallest absolute Gasteiger partial charge is 0.406 e. The van der Waals surface area contributed by atoms with Crippen LogP contribution in [0.15, 0.2) is 53.0 Å². The molecule has 0 aliphatic rings. The number of benzene rings is 2. The predicted octanol–water partition coefficient (Wildman–Crippen LogP) is 6.29. The number of halogens is 4. The lowest BCUT2D eigenvalue weighted by Crippen LogP contribution is -2.30. The van der Waals surface area contributed by atoms with Crippen LogP contribution in [0.3, 0.4) is 0 Å². The topological polar surface area (TPSA) is 79.3 Å². The maximum Gasteiger partial charge on any atom is 0.573 e. The molecule has 0 unspecified atom stereocenters. The third kappa shape index (κ3) is 7.06. The largest absolute Gasteiger partial charge is 0.573 e. The average Bonchev–Trinajstić information content (AvgIpc) is 2.72. The van der Waals surface area contributed by atoms with Crippen molar-refractivity contribution >= 4 is 33.4 Å². The summed E-state index contributed by atoms with van der Waals surface area (Å²) in [7, 11) is 0. The van der Waals surface area contributed by atoms with Gasteiger partial charge in [-0.15, -0.1) is 13.2 Å². The van der Waals surface area contributed by atoms with Gasteiger partial charge in [0.25, 0.3) is 0 Å². The van der Waals surface area contributed by atoms with Gasteiger partial charge in [0.15, 0.2) is 0 Å². The molecule has 33 heavy (non-hydrogen) atoms. The van der Waals surface area contributed by atoms with Crippen molar-refractivity contribution < 1.29 is 23.0 Å². The molecule has 0 aliphatic carbocycles. The van der Waals surface area contributed by atoms with E-state index < -0.39 is 6.36 Å². The lowest BCUT2D eigenvalue weighted by molar-refractivity contribution is -0.274. The molecular formula is C23H24BrF3N4O2. The molecule has 0 radical (unpaired) electrons. The van der Waals surface area contributed by atoms with Crippen molar-refractivity contribution in [3.63, 3.8) is 0 Å². The summed E-state index contributed by atoms with van der Waals surface area (Å²) in [6.07, 6.45) is -4.80. The van der Waals surface area contributed by atoms with Crippen LogP contribution >= 0.6 is 15.9 Å². The van der Waals surface area contributed by atoms with Crippen molar-refractivity contribution in [3.8, 4) is 17.0 Å². The van der Waals surface area contributed by atoms with Crippen LogP contribution in [0, 0.1) is 12.8 Å². The number of rotatable bonds is 8. The van der Waals surface area contributed by atoms with Crippen LogP contribution in [0.5, 0.6) is 5.75 Å². The van der Waals surface area contributed by atoms with Gasteiger partial charge in [-0.25, -0.2) is 4.98 Å². The monoisotopic (exact) mass is 524 g/mol. The van der Waals surface area contributed by atoms with Crippen molar-refractivity contribution in [2.75, 3.05) is 17.2 Å². The van der Waals surface area contributed by atoms with Gasteiger partial charge < -0.3 is 20.5 Å². The highest BCUT2D eigenvalue weighted by atomic mass is 79.9. The van der Waals surface area contributed by atoms with Gasteiger partial charge in [-0.2, -0.15) is 4.98 Å². The fraction of sp³-hybridized carbons (Fsp3) is 0.304. The van der Waals surface area contributed by atoms with E-state index in [-0.39, 0.29) is 30.3 Å². The van der Waals surface area contributed by atoms with Crippen LogP contribution in [0.1, 0.15) is 19.4 Å². The Morgan fingerprint density at radius 2 is 1.85 bits per heavy atom. The van der Waals surface area contributed by atoms with Crippen molar-refractivity contribution in [1.29, 1.82) is 0 Å². The van der Waals surface area contributed by atoms with E-state index in [1.807, 2.05) is 39.0 Å². The molecule has 3 aromatic rings. The van der Waals surface area contributed by atoms with E-state index in [2.05, 4.69) is 41.3 Å². The van der Waals surface area contributed by atoms with Crippen LogP contribution in [-0.2, 0) is 0 Å². The maximum absolute atomic E-state index is 12.7. The first kappa shape index (κ1) is 24.8. The van der Waals surface area contributed by atoms with Gasteiger partial charge in [0, 0.05) is 16.1 Å². The highest BCUT2D eigenvalue weighted by Gasteiger charge is 2.31. The first-order valence-corrected chi connectivity index (χ1v) is 11.0. The normalized spacial score (nSPS) is 12.5. The molecule has 0 amide bonds. The zero-order chi connectivity index (χ0) is 24.2. The van der Waals surface area contributed by atoms with Crippen LogP contribution in [-0.4, -0.2) is 34.1 Å². The number of nitrogens with zero attached hydrogens (tertiary/aromatic N) is 2. The first-order chi connectivity index (χ1) is 15.5. The molecule has 1 heterocycles. The van der Waals surface area contributed by atoms with Gasteiger partial charge in [-0.1, -0.05) is 32.0 Å². The molecule has 2 aromatic carbocycles. The van der Waals surface area contributed by atoms with E-state index in [0.29, 0.717) is 17.1 Å². The van der Waals surface area contributed by atoms with Crippen molar-refractivity contribution in [2.45, 2.75) is 33.2 Å². The molecule has 176 valence electrons. The van der Waals surface area contributed by atoms with Crippen LogP contribution in [0.4, 0.5) is 30.6 Å². The summed E-state index contributed by atoms with van der Waals surface area (Å²) in [4.78, 5) is 8.96. The SMILES string of the molecule is Cc1ccc(Nc2cc(-c3cccc(OC(F)(F)F)c3)nc(N[C@H](CO)C(C)C)n2)c(Br)c1. The van der Waals surface area contributed by atoms with Crippen molar-refractivity contribution in [3.05, 3.63) is 58.6 Å². The number of aliphatic hydroxyl groups excluding tert-OH is 1. The molecule has 0 bridgehead atoms. The van der Waals surface area contributed by atoms with E-state index in [4.69, 9.17) is 0 Å². The van der Waals surface area contributed by atoms with Gasteiger partial charge in [0.2, 0.25) is 5.95 Å². The predicted molar refractivity (Wildman–Crippen MR) is 126 cm³/mol. The number of aryl methyl sites for hydroxylation is 1. The van der Waals surface area contributed by atoms with Crippen LogP contribution in [0.2, 0.25) is 0 Å². The molecule has 0 aliphatic heterocycles. The van der Waals surface area contributed by atoms with Crippen LogP contribution < -0.4 is 15.4 Å². The molecule has 0 spiro atoms. The minimum Gasteiger partial charge on any atom is -0.406 e. The molecule has 3 rings (SSSR count). The highest BCUT2D eigenvalue weighted by molar-refractivity contribution is 9.10. The minimum atomic E-state index is -4.80. The van der Waals surface area contributed by atoms with Gasteiger partial charge in [0.05, 0.1) is 24.0 Å². The Morgan fingerprint density at radius 1 is 1.09 bits per heavy atom. The lowest BCUT2D eigenvalue weighted by atomic mass is 10.1. The Bertz CT molecular complexity index is 1110. The Kier molecular flexibility index (Phi) is 7.80. The number of hydrogen-bond donors (Lipinski definition) is 3. The van der Waals surface area contributed by atoms with Gasteiger partial charge >= 0.3 is 6.36 Å². The molecule has 1 aromatic heterocycles. The van der Waals surface area contributed by atoms with Gasteiger partial charge in [-0.3, -0.25) is 0 Å². The minimum absolute atomic E-state index is 0.0911. The van der Waals surface area contributed by atoms with E-state index in [9.17, 15) is 18.3 Å². The molecule has 6 nitrogen and oxygen atoms in total. The van der Waals surface area contributed by atoms with E-state index in [1.54, 1.807) is 12.1 Å². The molecular weight excluding hydrogens is 501 g/mol. The van der Waals surface area contributed by atoms with E-state index in [0.717, 1.165) is 15.7 Å². The summed E-state index contributed by atoms with van der Waals surface area (Å²) in [5.74, 6) is 0.399. The van der Waals surface area contributed by atoms with Gasteiger partial charge in [0.1, 0.15) is 11.6 Å². The number of hydrogen-bond acceptors (Lipinski definition) is 6. The zero-order valence-corrected chi connectivity index (χ0v) is 19.8. The van der Waals surface area contributed by atoms with E-state index >= 15 is 0 Å². The second kappa shape index (κ2) is 10.4. The summed E-state index contributed by atoms with van der Waals surface area (Å²) < 4.78 is 42.9. The number of aliphatic hydroxyl groups is 1. The Morgan fingerprint density at radius 3 is 2.48 bits per heavy atom. The Labute approximate surface area is 198 Å². The maximum atomic E-state index is 12.7. The zero-order valence-electron chi connectivity index (χ0n) is 18.2. The molecule has 3 N–H and O–H groups in total. The summed E-state index contributed by atoms with van der Waals surface area (Å²) in [6, 6.07) is 12.7. The Balaban J connectivity index is 2.02. The average molecular weight is 525 g/mol. The fourth-order valence-corrected chi connectivity index (χ4v) is 3.62. The molecule has 10 heteroatoms. The summed E-state index contributed by atoms with van der Waals surface area (Å²) in [5.41, 5.74) is 2.62. The van der Waals surface area contributed by atoms with Crippen molar-refractivity contribution in [2.24, 2.45) is 5.92 Å².